The predicted molar refractivity (Wildman–Crippen MR) is 85.3 cm³/mol. The van der Waals surface area contributed by atoms with Gasteiger partial charge in [0.15, 0.2) is 0 Å². The largest absolute Gasteiger partial charge is 0.481 e. The van der Waals surface area contributed by atoms with Crippen molar-refractivity contribution in [3.8, 4) is 0 Å². The summed E-state index contributed by atoms with van der Waals surface area (Å²) in [4.78, 5) is 23.2. The second kappa shape index (κ2) is 7.45. The molecule has 9 heteroatoms. The van der Waals surface area contributed by atoms with Crippen LogP contribution in [0.2, 0.25) is 0 Å². The van der Waals surface area contributed by atoms with Gasteiger partial charge in [0.05, 0.1) is 11.6 Å². The van der Waals surface area contributed by atoms with E-state index in [1.807, 2.05) is 0 Å². The Bertz CT molecular complexity index is 651. The van der Waals surface area contributed by atoms with Crippen molar-refractivity contribution in [2.75, 3.05) is 0 Å². The van der Waals surface area contributed by atoms with E-state index in [1.165, 1.54) is 6.92 Å². The lowest BCUT2D eigenvalue weighted by Crippen LogP contribution is -2.45. The number of halogens is 3. The molecule has 0 saturated heterocycles. The van der Waals surface area contributed by atoms with Crippen LogP contribution in [0.1, 0.15) is 56.5 Å². The maximum absolute atomic E-state index is 12.6. The first-order valence-electron chi connectivity index (χ1n) is 7.88. The number of carboxylic acids is 1. The SMILES string of the molecule is Cc1nn(CC(F)(F)F)c(C)c1C(C)C(=O)NC(C)(C)CCC(=O)O. The minimum Gasteiger partial charge on any atom is -0.481 e. The number of carbonyl (C=O) groups is 2. The lowest BCUT2D eigenvalue weighted by atomic mass is 9.94. The van der Waals surface area contributed by atoms with Crippen molar-refractivity contribution >= 4 is 11.9 Å². The van der Waals surface area contributed by atoms with Crippen molar-refractivity contribution in [2.45, 2.75) is 71.6 Å². The van der Waals surface area contributed by atoms with Gasteiger partial charge in [0.25, 0.3) is 0 Å². The second-order valence-electron chi connectivity index (χ2n) is 6.85. The number of carbonyl (C=O) groups excluding carboxylic acids is 1. The van der Waals surface area contributed by atoms with Crippen LogP contribution in [0.3, 0.4) is 0 Å². The standard InChI is InChI=1S/C16H24F3N3O3/c1-9(14(25)20-15(4,5)7-6-12(23)24)13-10(2)21-22(11(13)3)8-16(17,18)19/h9H,6-8H2,1-5H3,(H,20,25)(H,23,24). The molecule has 1 aromatic rings. The molecule has 0 aliphatic carbocycles. The second-order valence-corrected chi connectivity index (χ2v) is 6.85. The monoisotopic (exact) mass is 363 g/mol. The summed E-state index contributed by atoms with van der Waals surface area (Å²) in [6, 6.07) is 0. The van der Waals surface area contributed by atoms with E-state index in [2.05, 4.69) is 10.4 Å². The third-order valence-electron chi connectivity index (χ3n) is 4.02. The zero-order chi connectivity index (χ0) is 19.6. The lowest BCUT2D eigenvalue weighted by molar-refractivity contribution is -0.143. The highest BCUT2D eigenvalue weighted by atomic mass is 19.4. The van der Waals surface area contributed by atoms with E-state index in [0.717, 1.165) is 4.68 Å². The summed E-state index contributed by atoms with van der Waals surface area (Å²) in [5.41, 5.74) is 0.373. The summed E-state index contributed by atoms with van der Waals surface area (Å²) in [7, 11) is 0. The van der Waals surface area contributed by atoms with Crippen LogP contribution in [-0.4, -0.2) is 38.5 Å². The number of hydrogen-bond donors (Lipinski definition) is 2. The minimum atomic E-state index is -4.40. The molecule has 0 aromatic carbocycles. The van der Waals surface area contributed by atoms with Gasteiger partial charge in [0.2, 0.25) is 5.91 Å². The smallest absolute Gasteiger partial charge is 0.408 e. The Morgan fingerprint density at radius 1 is 1.28 bits per heavy atom. The topological polar surface area (TPSA) is 84.2 Å². The molecule has 0 bridgehead atoms. The van der Waals surface area contributed by atoms with Crippen molar-refractivity contribution in [1.29, 1.82) is 0 Å². The molecule has 0 aliphatic heterocycles. The highest BCUT2D eigenvalue weighted by Gasteiger charge is 2.32. The van der Waals surface area contributed by atoms with E-state index in [-0.39, 0.29) is 18.7 Å². The van der Waals surface area contributed by atoms with Crippen LogP contribution in [0.25, 0.3) is 0 Å². The molecule has 0 spiro atoms. The van der Waals surface area contributed by atoms with Crippen molar-refractivity contribution < 1.29 is 27.9 Å². The third-order valence-corrected chi connectivity index (χ3v) is 4.02. The zero-order valence-corrected chi connectivity index (χ0v) is 15.0. The van der Waals surface area contributed by atoms with Crippen LogP contribution < -0.4 is 5.32 Å². The number of hydrogen-bond acceptors (Lipinski definition) is 3. The Morgan fingerprint density at radius 2 is 1.84 bits per heavy atom. The number of aliphatic carboxylic acids is 1. The molecular weight excluding hydrogens is 339 g/mol. The Kier molecular flexibility index (Phi) is 6.25. The average molecular weight is 363 g/mol. The highest BCUT2D eigenvalue weighted by Crippen LogP contribution is 2.27. The Balaban J connectivity index is 2.94. The number of aromatic nitrogens is 2. The molecular formula is C16H24F3N3O3. The number of rotatable bonds is 7. The van der Waals surface area contributed by atoms with Gasteiger partial charge < -0.3 is 10.4 Å². The number of aryl methyl sites for hydroxylation is 1. The summed E-state index contributed by atoms with van der Waals surface area (Å²) < 4.78 is 38.7. The van der Waals surface area contributed by atoms with Gasteiger partial charge >= 0.3 is 12.1 Å². The molecule has 0 fully saturated rings. The van der Waals surface area contributed by atoms with Crippen molar-refractivity contribution in [2.24, 2.45) is 0 Å². The molecule has 2 N–H and O–H groups in total. The van der Waals surface area contributed by atoms with Crippen molar-refractivity contribution in [1.82, 2.24) is 15.1 Å². The van der Waals surface area contributed by atoms with E-state index in [0.29, 0.717) is 17.0 Å². The summed E-state index contributed by atoms with van der Waals surface area (Å²) in [5.74, 6) is -2.05. The molecule has 25 heavy (non-hydrogen) atoms. The van der Waals surface area contributed by atoms with Crippen LogP contribution in [0.5, 0.6) is 0 Å². The van der Waals surface area contributed by atoms with Crippen LogP contribution >= 0.6 is 0 Å². The molecule has 1 atom stereocenters. The highest BCUT2D eigenvalue weighted by molar-refractivity contribution is 5.84. The molecule has 0 aliphatic rings. The first kappa shape index (κ1) is 21.0. The number of nitrogens with one attached hydrogen (secondary N) is 1. The lowest BCUT2D eigenvalue weighted by Gasteiger charge is -2.27. The maximum Gasteiger partial charge on any atom is 0.408 e. The summed E-state index contributed by atoms with van der Waals surface area (Å²) in [6.07, 6.45) is -4.25. The van der Waals surface area contributed by atoms with E-state index < -0.39 is 30.1 Å². The predicted octanol–water partition coefficient (Wildman–Crippen LogP) is 2.93. The van der Waals surface area contributed by atoms with Gasteiger partial charge in [-0.15, -0.1) is 0 Å². The summed E-state index contributed by atoms with van der Waals surface area (Å²) in [6.45, 7) is 6.85. The van der Waals surface area contributed by atoms with E-state index in [1.54, 1.807) is 27.7 Å². The summed E-state index contributed by atoms with van der Waals surface area (Å²) in [5, 5.41) is 15.4. The number of carboxylic acid groups (broad SMARTS) is 1. The van der Waals surface area contributed by atoms with Gasteiger partial charge in [-0.3, -0.25) is 14.3 Å². The maximum atomic E-state index is 12.6. The Morgan fingerprint density at radius 3 is 2.32 bits per heavy atom. The van der Waals surface area contributed by atoms with Crippen molar-refractivity contribution in [3.63, 3.8) is 0 Å². The number of nitrogens with zero attached hydrogens (tertiary/aromatic N) is 2. The summed E-state index contributed by atoms with van der Waals surface area (Å²) >= 11 is 0. The molecule has 1 rings (SSSR count). The Hall–Kier alpha value is -2.06. The van der Waals surface area contributed by atoms with E-state index in [9.17, 15) is 22.8 Å². The minimum absolute atomic E-state index is 0.0940. The van der Waals surface area contributed by atoms with Crippen LogP contribution in [0.15, 0.2) is 0 Å². The first-order valence-corrected chi connectivity index (χ1v) is 7.88. The van der Waals surface area contributed by atoms with Crippen LogP contribution in [0.4, 0.5) is 13.2 Å². The van der Waals surface area contributed by atoms with Gasteiger partial charge in [-0.05, 0) is 41.0 Å². The average Bonchev–Trinajstić information content (AvgIpc) is 2.68. The third kappa shape index (κ3) is 6.06. The Labute approximate surface area is 144 Å². The van der Waals surface area contributed by atoms with Gasteiger partial charge in [0, 0.05) is 23.2 Å². The van der Waals surface area contributed by atoms with Gasteiger partial charge in [-0.2, -0.15) is 18.3 Å². The molecule has 1 amide bonds. The van der Waals surface area contributed by atoms with Gasteiger partial charge in [-0.1, -0.05) is 0 Å². The van der Waals surface area contributed by atoms with Crippen LogP contribution in [0, 0.1) is 13.8 Å². The quantitative estimate of drug-likeness (QED) is 0.780. The molecule has 0 saturated carbocycles. The van der Waals surface area contributed by atoms with Crippen LogP contribution in [-0.2, 0) is 16.1 Å². The molecule has 1 unspecified atom stereocenters. The fourth-order valence-electron chi connectivity index (χ4n) is 2.72. The van der Waals surface area contributed by atoms with Gasteiger partial charge in [-0.25, -0.2) is 0 Å². The van der Waals surface area contributed by atoms with E-state index in [4.69, 9.17) is 5.11 Å². The normalized spacial score (nSPS) is 13.6. The number of amides is 1. The molecule has 1 aromatic heterocycles. The molecule has 6 nitrogen and oxygen atoms in total. The molecule has 1 heterocycles. The fourth-order valence-corrected chi connectivity index (χ4v) is 2.72. The van der Waals surface area contributed by atoms with E-state index >= 15 is 0 Å². The fraction of sp³-hybridized carbons (Fsp3) is 0.688. The molecule has 0 radical (unpaired) electrons. The van der Waals surface area contributed by atoms with Gasteiger partial charge in [0.1, 0.15) is 6.54 Å². The first-order chi connectivity index (χ1) is 11.2. The molecule has 142 valence electrons. The number of alkyl halides is 3. The van der Waals surface area contributed by atoms with Crippen molar-refractivity contribution in [3.05, 3.63) is 17.0 Å². The zero-order valence-electron chi connectivity index (χ0n) is 15.0.